The Morgan fingerprint density at radius 1 is 0.793 bits per heavy atom. The molecule has 3 rings (SSSR count). The van der Waals surface area contributed by atoms with E-state index in [0.717, 1.165) is 37.6 Å². The number of ether oxygens (including phenoxy) is 3. The standard InChI is InChI=1S/C24H26INO3/c1-3-27-21-12-10-20(11-13-21)26-16-19-14-22(25)24(23(15-19)28-4-2)29-17-18-8-6-5-7-9-18/h5-15,26H,3-4,16-17H2,1-2H3. The number of hydrogen-bond donors (Lipinski definition) is 1. The van der Waals surface area contributed by atoms with Crippen molar-refractivity contribution >= 4 is 28.3 Å². The SMILES string of the molecule is CCOc1ccc(NCc2cc(I)c(OCc3ccccc3)c(OCC)c2)cc1. The van der Waals surface area contributed by atoms with Crippen LogP contribution in [0.1, 0.15) is 25.0 Å². The Bertz CT molecular complexity index is 898. The lowest BCUT2D eigenvalue weighted by molar-refractivity contribution is 0.267. The first-order valence-electron chi connectivity index (χ1n) is 9.78. The fraction of sp³-hybridized carbons (Fsp3) is 0.250. The van der Waals surface area contributed by atoms with Gasteiger partial charge in [0.1, 0.15) is 12.4 Å². The number of nitrogens with one attached hydrogen (secondary N) is 1. The highest BCUT2D eigenvalue weighted by atomic mass is 127. The molecule has 4 nitrogen and oxygen atoms in total. The molecule has 0 aliphatic heterocycles. The van der Waals surface area contributed by atoms with Crippen molar-refractivity contribution in [2.45, 2.75) is 27.0 Å². The molecule has 0 radical (unpaired) electrons. The largest absolute Gasteiger partial charge is 0.494 e. The second kappa shape index (κ2) is 11.0. The molecular formula is C24H26INO3. The van der Waals surface area contributed by atoms with E-state index in [-0.39, 0.29) is 0 Å². The summed E-state index contributed by atoms with van der Waals surface area (Å²) in [5.74, 6) is 2.45. The molecule has 0 unspecified atom stereocenters. The number of rotatable bonds is 10. The normalized spacial score (nSPS) is 10.4. The molecule has 1 N–H and O–H groups in total. The molecule has 0 aromatic heterocycles. The van der Waals surface area contributed by atoms with Gasteiger partial charge in [0, 0.05) is 12.2 Å². The van der Waals surface area contributed by atoms with Crippen molar-refractivity contribution in [1.82, 2.24) is 0 Å². The van der Waals surface area contributed by atoms with Gasteiger partial charge < -0.3 is 19.5 Å². The Kier molecular flexibility index (Phi) is 8.04. The van der Waals surface area contributed by atoms with E-state index in [1.807, 2.05) is 62.4 Å². The maximum Gasteiger partial charge on any atom is 0.174 e. The van der Waals surface area contributed by atoms with Crippen LogP contribution in [-0.2, 0) is 13.2 Å². The van der Waals surface area contributed by atoms with Gasteiger partial charge in [-0.15, -0.1) is 0 Å². The van der Waals surface area contributed by atoms with Crippen LogP contribution in [0.2, 0.25) is 0 Å². The van der Waals surface area contributed by atoms with E-state index in [2.05, 4.69) is 46.1 Å². The zero-order valence-electron chi connectivity index (χ0n) is 16.8. The lowest BCUT2D eigenvalue weighted by atomic mass is 10.2. The maximum atomic E-state index is 6.09. The van der Waals surface area contributed by atoms with Gasteiger partial charge >= 0.3 is 0 Å². The van der Waals surface area contributed by atoms with Crippen LogP contribution in [0, 0.1) is 3.57 Å². The second-order valence-electron chi connectivity index (χ2n) is 6.42. The first kappa shape index (κ1) is 21.3. The van der Waals surface area contributed by atoms with Crippen LogP contribution in [0.4, 0.5) is 5.69 Å². The van der Waals surface area contributed by atoms with Crippen molar-refractivity contribution in [3.63, 3.8) is 0 Å². The summed E-state index contributed by atoms with van der Waals surface area (Å²) in [6.07, 6.45) is 0. The Balaban J connectivity index is 1.69. The molecule has 0 amide bonds. The summed E-state index contributed by atoms with van der Waals surface area (Å²) < 4.78 is 18.5. The van der Waals surface area contributed by atoms with Gasteiger partial charge in [0.25, 0.3) is 0 Å². The zero-order valence-corrected chi connectivity index (χ0v) is 18.9. The first-order chi connectivity index (χ1) is 14.2. The fourth-order valence-electron chi connectivity index (χ4n) is 2.90. The van der Waals surface area contributed by atoms with Gasteiger partial charge in [-0.2, -0.15) is 0 Å². The van der Waals surface area contributed by atoms with Crippen LogP contribution in [0.25, 0.3) is 0 Å². The molecule has 0 aliphatic rings. The zero-order chi connectivity index (χ0) is 20.5. The lowest BCUT2D eigenvalue weighted by Crippen LogP contribution is -2.05. The molecule has 0 saturated carbocycles. The van der Waals surface area contributed by atoms with Gasteiger partial charge in [-0.3, -0.25) is 0 Å². The molecule has 0 heterocycles. The summed E-state index contributed by atoms with van der Waals surface area (Å²) >= 11 is 2.31. The predicted octanol–water partition coefficient (Wildman–Crippen LogP) is 6.28. The lowest BCUT2D eigenvalue weighted by Gasteiger charge is -2.16. The quantitative estimate of drug-likeness (QED) is 0.331. The van der Waals surface area contributed by atoms with Crippen LogP contribution >= 0.6 is 22.6 Å². The van der Waals surface area contributed by atoms with E-state index in [9.17, 15) is 0 Å². The number of benzene rings is 3. The third-order valence-electron chi connectivity index (χ3n) is 4.26. The highest BCUT2D eigenvalue weighted by Gasteiger charge is 2.13. The summed E-state index contributed by atoms with van der Waals surface area (Å²) in [5, 5.41) is 3.45. The van der Waals surface area contributed by atoms with Gasteiger partial charge in [0.15, 0.2) is 11.5 Å². The van der Waals surface area contributed by atoms with Gasteiger partial charge in [-0.1, -0.05) is 30.3 Å². The highest BCUT2D eigenvalue weighted by molar-refractivity contribution is 14.1. The summed E-state index contributed by atoms with van der Waals surface area (Å²) in [6, 6.07) is 22.3. The summed E-state index contributed by atoms with van der Waals surface area (Å²) in [7, 11) is 0. The Morgan fingerprint density at radius 3 is 2.21 bits per heavy atom. The van der Waals surface area contributed by atoms with Crippen molar-refractivity contribution in [3.05, 3.63) is 81.4 Å². The molecule has 5 heteroatoms. The molecule has 152 valence electrons. The Morgan fingerprint density at radius 2 is 1.52 bits per heavy atom. The molecule has 3 aromatic carbocycles. The van der Waals surface area contributed by atoms with Crippen LogP contribution in [0.15, 0.2) is 66.7 Å². The van der Waals surface area contributed by atoms with Gasteiger partial charge in [-0.25, -0.2) is 0 Å². The van der Waals surface area contributed by atoms with E-state index in [1.165, 1.54) is 0 Å². The Labute approximate surface area is 186 Å². The average molecular weight is 503 g/mol. The van der Waals surface area contributed by atoms with Crippen LogP contribution in [0.5, 0.6) is 17.2 Å². The summed E-state index contributed by atoms with van der Waals surface area (Å²) in [6.45, 7) is 6.44. The summed E-state index contributed by atoms with van der Waals surface area (Å²) in [5.41, 5.74) is 3.32. The third kappa shape index (κ3) is 6.29. The van der Waals surface area contributed by atoms with E-state index in [0.29, 0.717) is 26.4 Å². The summed E-state index contributed by atoms with van der Waals surface area (Å²) in [4.78, 5) is 0. The van der Waals surface area contributed by atoms with E-state index in [4.69, 9.17) is 14.2 Å². The third-order valence-corrected chi connectivity index (χ3v) is 5.06. The van der Waals surface area contributed by atoms with Crippen molar-refractivity contribution in [2.75, 3.05) is 18.5 Å². The van der Waals surface area contributed by atoms with Crippen LogP contribution < -0.4 is 19.5 Å². The molecule has 0 bridgehead atoms. The van der Waals surface area contributed by atoms with Crippen molar-refractivity contribution in [2.24, 2.45) is 0 Å². The van der Waals surface area contributed by atoms with E-state index in [1.54, 1.807) is 0 Å². The van der Waals surface area contributed by atoms with Gasteiger partial charge in [-0.05, 0) is 84.0 Å². The molecular weight excluding hydrogens is 477 g/mol. The van der Waals surface area contributed by atoms with Gasteiger partial charge in [0.2, 0.25) is 0 Å². The molecule has 0 fully saturated rings. The minimum absolute atomic E-state index is 0.515. The smallest absolute Gasteiger partial charge is 0.174 e. The maximum absolute atomic E-state index is 6.09. The highest BCUT2D eigenvalue weighted by Crippen LogP contribution is 2.35. The van der Waals surface area contributed by atoms with Crippen molar-refractivity contribution in [1.29, 1.82) is 0 Å². The topological polar surface area (TPSA) is 39.7 Å². The monoisotopic (exact) mass is 503 g/mol. The molecule has 0 spiro atoms. The van der Waals surface area contributed by atoms with Gasteiger partial charge in [0.05, 0.1) is 16.8 Å². The van der Waals surface area contributed by atoms with E-state index >= 15 is 0 Å². The molecule has 3 aromatic rings. The molecule has 0 aliphatic carbocycles. The molecule has 0 saturated heterocycles. The number of halogens is 1. The minimum Gasteiger partial charge on any atom is -0.494 e. The minimum atomic E-state index is 0.515. The first-order valence-corrected chi connectivity index (χ1v) is 10.9. The van der Waals surface area contributed by atoms with Crippen molar-refractivity contribution < 1.29 is 14.2 Å². The average Bonchev–Trinajstić information content (AvgIpc) is 2.74. The number of anilines is 1. The number of hydrogen-bond acceptors (Lipinski definition) is 4. The van der Waals surface area contributed by atoms with Crippen molar-refractivity contribution in [3.8, 4) is 17.2 Å². The second-order valence-corrected chi connectivity index (χ2v) is 7.59. The molecule has 0 atom stereocenters. The predicted molar refractivity (Wildman–Crippen MR) is 126 cm³/mol. The fourth-order valence-corrected chi connectivity index (χ4v) is 3.72. The van der Waals surface area contributed by atoms with Crippen LogP contribution in [0.3, 0.4) is 0 Å². The Hall–Kier alpha value is -2.41. The van der Waals surface area contributed by atoms with E-state index < -0.39 is 0 Å². The molecule has 29 heavy (non-hydrogen) atoms. The van der Waals surface area contributed by atoms with Crippen LogP contribution in [-0.4, -0.2) is 13.2 Å².